The van der Waals surface area contributed by atoms with E-state index >= 15 is 0 Å². The lowest BCUT2D eigenvalue weighted by Gasteiger charge is -2.58. The molecule has 4 fully saturated rings. The molecule has 1 aromatic rings. The summed E-state index contributed by atoms with van der Waals surface area (Å²) < 4.78 is 39.7. The SMILES string of the molecule is C[C@]12CCC(=O)C=C1NC[C@@H]1[C@H]2CC[C@]2(C)C(C(=O)N(c3ccc(C(F)(F)F)cc3)C3CCCC3)CC[C@@H]12. The van der Waals surface area contributed by atoms with E-state index in [9.17, 15) is 22.8 Å². The van der Waals surface area contributed by atoms with Crippen LogP contribution < -0.4 is 10.2 Å². The Bertz CT molecular complexity index is 1140. The van der Waals surface area contributed by atoms with Crippen LogP contribution in [0.5, 0.6) is 0 Å². The molecule has 7 heteroatoms. The van der Waals surface area contributed by atoms with Gasteiger partial charge in [0.05, 0.1) is 5.56 Å². The Morgan fingerprint density at radius 1 is 0.974 bits per heavy atom. The van der Waals surface area contributed by atoms with Crippen molar-refractivity contribution in [3.63, 3.8) is 0 Å². The van der Waals surface area contributed by atoms with E-state index in [0.717, 1.165) is 82.2 Å². The molecular formula is C31H39F3N2O2. The fourth-order valence-electron chi connectivity index (χ4n) is 9.21. The molecule has 1 N–H and O–H groups in total. The summed E-state index contributed by atoms with van der Waals surface area (Å²) >= 11 is 0. The van der Waals surface area contributed by atoms with Gasteiger partial charge in [0.25, 0.3) is 0 Å². The van der Waals surface area contributed by atoms with E-state index in [0.29, 0.717) is 29.9 Å². The topological polar surface area (TPSA) is 49.4 Å². The first kappa shape index (κ1) is 25.9. The molecule has 0 bridgehead atoms. The Morgan fingerprint density at radius 2 is 1.68 bits per heavy atom. The predicted molar refractivity (Wildman–Crippen MR) is 140 cm³/mol. The fourth-order valence-corrected chi connectivity index (χ4v) is 9.21. The number of nitrogens with one attached hydrogen (secondary N) is 1. The van der Waals surface area contributed by atoms with Crippen LogP contribution in [0.25, 0.3) is 0 Å². The van der Waals surface area contributed by atoms with Crippen molar-refractivity contribution >= 4 is 17.4 Å². The van der Waals surface area contributed by atoms with Crippen molar-refractivity contribution < 1.29 is 22.8 Å². The van der Waals surface area contributed by atoms with E-state index < -0.39 is 11.7 Å². The monoisotopic (exact) mass is 528 g/mol. The number of rotatable bonds is 3. The molecule has 1 heterocycles. The molecule has 6 rings (SSSR count). The van der Waals surface area contributed by atoms with E-state index in [1.54, 1.807) is 0 Å². The van der Waals surface area contributed by atoms with E-state index in [4.69, 9.17) is 0 Å². The molecule has 1 saturated heterocycles. The molecule has 5 aliphatic rings. The maximum Gasteiger partial charge on any atom is 0.416 e. The largest absolute Gasteiger partial charge is 0.416 e. The second-order valence-electron chi connectivity index (χ2n) is 13.1. The van der Waals surface area contributed by atoms with Gasteiger partial charge < -0.3 is 10.2 Å². The van der Waals surface area contributed by atoms with Crippen LogP contribution in [-0.2, 0) is 15.8 Å². The third-order valence-corrected chi connectivity index (χ3v) is 11.3. The van der Waals surface area contributed by atoms with Gasteiger partial charge in [-0.3, -0.25) is 9.59 Å². The number of nitrogens with zero attached hydrogens (tertiary/aromatic N) is 1. The smallest absolute Gasteiger partial charge is 0.387 e. The van der Waals surface area contributed by atoms with E-state index in [-0.39, 0.29) is 34.5 Å². The molecule has 0 radical (unpaired) electrons. The van der Waals surface area contributed by atoms with E-state index in [1.807, 2.05) is 11.0 Å². The van der Waals surface area contributed by atoms with Crippen LogP contribution in [-0.4, -0.2) is 24.3 Å². The number of benzene rings is 1. The molecule has 0 spiro atoms. The Balaban J connectivity index is 1.28. The molecule has 6 atom stereocenters. The third kappa shape index (κ3) is 4.02. The number of allylic oxidation sites excluding steroid dienone is 2. The van der Waals surface area contributed by atoms with Crippen molar-refractivity contribution in [2.45, 2.75) is 90.3 Å². The molecule has 4 aliphatic carbocycles. The number of ketones is 1. The first-order chi connectivity index (χ1) is 18.0. The summed E-state index contributed by atoms with van der Waals surface area (Å²) in [5, 5.41) is 3.63. The van der Waals surface area contributed by atoms with Gasteiger partial charge >= 0.3 is 6.18 Å². The van der Waals surface area contributed by atoms with Crippen molar-refractivity contribution in [2.24, 2.45) is 34.5 Å². The fraction of sp³-hybridized carbons (Fsp3) is 0.677. The van der Waals surface area contributed by atoms with Gasteiger partial charge in [0, 0.05) is 47.8 Å². The summed E-state index contributed by atoms with van der Waals surface area (Å²) in [7, 11) is 0. The normalized spacial score (nSPS) is 37.1. The minimum atomic E-state index is -4.39. The molecule has 1 unspecified atom stereocenters. The second-order valence-corrected chi connectivity index (χ2v) is 13.1. The van der Waals surface area contributed by atoms with Gasteiger partial charge in [-0.25, -0.2) is 0 Å². The Kier molecular flexibility index (Phi) is 6.23. The minimum absolute atomic E-state index is 0.00361. The zero-order valence-electron chi connectivity index (χ0n) is 22.4. The number of alkyl halides is 3. The number of hydrogen-bond acceptors (Lipinski definition) is 3. The summed E-state index contributed by atoms with van der Waals surface area (Å²) in [6.07, 6.45) is 6.72. The van der Waals surface area contributed by atoms with E-state index in [2.05, 4.69) is 19.2 Å². The number of carbonyl (C=O) groups is 2. The highest BCUT2D eigenvalue weighted by atomic mass is 19.4. The lowest BCUT2D eigenvalue weighted by Crippen LogP contribution is -2.57. The van der Waals surface area contributed by atoms with Gasteiger partial charge in [0.2, 0.25) is 5.91 Å². The van der Waals surface area contributed by atoms with Crippen molar-refractivity contribution in [3.05, 3.63) is 41.6 Å². The molecular weight excluding hydrogens is 489 g/mol. The molecule has 206 valence electrons. The Hall–Kier alpha value is -2.31. The average molecular weight is 529 g/mol. The number of halogens is 3. The van der Waals surface area contributed by atoms with Gasteiger partial charge in [0.15, 0.2) is 5.78 Å². The van der Waals surface area contributed by atoms with Crippen LogP contribution in [0.4, 0.5) is 18.9 Å². The molecule has 4 nitrogen and oxygen atoms in total. The number of carbonyl (C=O) groups excluding carboxylic acids is 2. The molecule has 38 heavy (non-hydrogen) atoms. The van der Waals surface area contributed by atoms with Crippen LogP contribution in [0.3, 0.4) is 0 Å². The highest BCUT2D eigenvalue weighted by molar-refractivity contribution is 5.96. The van der Waals surface area contributed by atoms with Crippen LogP contribution in [0.15, 0.2) is 36.0 Å². The Labute approximate surface area is 223 Å². The number of piperidine rings is 1. The van der Waals surface area contributed by atoms with Crippen LogP contribution in [0.1, 0.15) is 83.6 Å². The molecule has 1 amide bonds. The number of anilines is 1. The highest BCUT2D eigenvalue weighted by Crippen LogP contribution is 2.64. The van der Waals surface area contributed by atoms with Gasteiger partial charge in [-0.2, -0.15) is 13.2 Å². The quantitative estimate of drug-likeness (QED) is 0.465. The highest BCUT2D eigenvalue weighted by Gasteiger charge is 2.61. The first-order valence-corrected chi connectivity index (χ1v) is 14.5. The Morgan fingerprint density at radius 3 is 2.37 bits per heavy atom. The molecule has 1 aliphatic heterocycles. The average Bonchev–Trinajstić information content (AvgIpc) is 3.52. The number of hydrogen-bond donors (Lipinski definition) is 1. The zero-order valence-corrected chi connectivity index (χ0v) is 22.4. The van der Waals surface area contributed by atoms with Crippen LogP contribution >= 0.6 is 0 Å². The maximum atomic E-state index is 14.4. The summed E-state index contributed by atoms with van der Waals surface area (Å²) in [5.74, 6) is 1.61. The summed E-state index contributed by atoms with van der Waals surface area (Å²) in [4.78, 5) is 28.4. The third-order valence-electron chi connectivity index (χ3n) is 11.3. The van der Waals surface area contributed by atoms with Crippen LogP contribution in [0.2, 0.25) is 0 Å². The van der Waals surface area contributed by atoms with Gasteiger partial charge in [-0.15, -0.1) is 0 Å². The second kappa shape index (κ2) is 9.12. The summed E-state index contributed by atoms with van der Waals surface area (Å²) in [5.41, 5.74) is 0.909. The van der Waals surface area contributed by atoms with Crippen molar-refractivity contribution in [2.75, 3.05) is 11.4 Å². The van der Waals surface area contributed by atoms with Crippen molar-refractivity contribution in [3.8, 4) is 0 Å². The lowest BCUT2D eigenvalue weighted by molar-refractivity contribution is -0.137. The van der Waals surface area contributed by atoms with Gasteiger partial charge in [-0.1, -0.05) is 26.7 Å². The standard InChI is InChI=1S/C31H39F3N2O2/c1-29-16-14-25-23(18-35-27-17-22(37)13-15-30(25,27)2)24(29)11-12-26(29)28(38)36(20-5-3-4-6-20)21-9-7-19(8-10-21)31(32,33)34/h7-10,17,20,23-26,35H,3-6,11-16,18H2,1-2H3/t23-,24-,25+,26?,29-,30+/m0/s1. The van der Waals surface area contributed by atoms with Gasteiger partial charge in [-0.05, 0) is 92.4 Å². The van der Waals surface area contributed by atoms with Crippen molar-refractivity contribution in [1.82, 2.24) is 5.32 Å². The summed E-state index contributed by atoms with van der Waals surface area (Å²) in [6.45, 7) is 5.48. The number of fused-ring (bicyclic) bond motifs is 5. The van der Waals surface area contributed by atoms with Gasteiger partial charge in [0.1, 0.15) is 0 Å². The van der Waals surface area contributed by atoms with Crippen LogP contribution in [0, 0.1) is 34.5 Å². The minimum Gasteiger partial charge on any atom is -0.387 e. The zero-order chi connectivity index (χ0) is 26.9. The molecule has 1 aromatic carbocycles. The van der Waals surface area contributed by atoms with Crippen molar-refractivity contribution in [1.29, 1.82) is 0 Å². The first-order valence-electron chi connectivity index (χ1n) is 14.5. The van der Waals surface area contributed by atoms with E-state index in [1.165, 1.54) is 12.1 Å². The lowest BCUT2D eigenvalue weighted by atomic mass is 9.50. The molecule has 3 saturated carbocycles. The maximum absolute atomic E-state index is 14.4. The molecule has 0 aromatic heterocycles. The predicted octanol–water partition coefficient (Wildman–Crippen LogP) is 6.90. The number of amides is 1. The summed E-state index contributed by atoms with van der Waals surface area (Å²) in [6, 6.07) is 5.28.